The molecule has 0 saturated carbocycles. The van der Waals surface area contributed by atoms with E-state index in [0.29, 0.717) is 24.5 Å². The van der Waals surface area contributed by atoms with Crippen LogP contribution in [0.3, 0.4) is 0 Å². The number of unbranched alkanes of at least 4 members (excludes halogenated alkanes) is 2. The third-order valence-corrected chi connectivity index (χ3v) is 3.21. The molecule has 0 unspecified atom stereocenters. The topological polar surface area (TPSA) is 35.5 Å². The molecule has 1 aromatic rings. The van der Waals surface area contributed by atoms with Gasteiger partial charge in [0, 0.05) is 11.6 Å². The van der Waals surface area contributed by atoms with Crippen molar-refractivity contribution in [1.82, 2.24) is 0 Å². The van der Waals surface area contributed by atoms with Gasteiger partial charge in [-0.25, -0.2) is 0 Å². The number of hydrogen-bond acceptors (Lipinski definition) is 3. The SMILES string of the molecule is C=C(C)c1cc(C=O)c(OCCCC)cc1OCCCC. The van der Waals surface area contributed by atoms with Crippen LogP contribution in [0.5, 0.6) is 11.5 Å². The lowest BCUT2D eigenvalue weighted by atomic mass is 10.0. The van der Waals surface area contributed by atoms with Gasteiger partial charge in [0.15, 0.2) is 6.29 Å². The summed E-state index contributed by atoms with van der Waals surface area (Å²) >= 11 is 0. The highest BCUT2D eigenvalue weighted by Crippen LogP contribution is 2.32. The first kappa shape index (κ1) is 17.3. The zero-order chi connectivity index (χ0) is 15.7. The molecule has 0 bridgehead atoms. The van der Waals surface area contributed by atoms with Crippen molar-refractivity contribution in [2.24, 2.45) is 0 Å². The molecular weight excluding hydrogens is 264 g/mol. The lowest BCUT2D eigenvalue weighted by molar-refractivity contribution is 0.111. The molecule has 0 aliphatic carbocycles. The van der Waals surface area contributed by atoms with Gasteiger partial charge in [-0.05, 0) is 31.4 Å². The van der Waals surface area contributed by atoms with Crippen molar-refractivity contribution < 1.29 is 14.3 Å². The van der Waals surface area contributed by atoms with Crippen molar-refractivity contribution in [3.8, 4) is 11.5 Å². The van der Waals surface area contributed by atoms with Crippen LogP contribution < -0.4 is 9.47 Å². The Morgan fingerprint density at radius 3 is 2.14 bits per heavy atom. The normalized spacial score (nSPS) is 10.2. The Labute approximate surface area is 128 Å². The number of aldehydes is 1. The first-order valence-electron chi connectivity index (χ1n) is 7.68. The van der Waals surface area contributed by atoms with Crippen molar-refractivity contribution >= 4 is 11.9 Å². The highest BCUT2D eigenvalue weighted by Gasteiger charge is 2.12. The number of carbonyl (C=O) groups is 1. The maximum Gasteiger partial charge on any atom is 0.153 e. The van der Waals surface area contributed by atoms with E-state index in [1.165, 1.54) is 0 Å². The van der Waals surface area contributed by atoms with Gasteiger partial charge >= 0.3 is 0 Å². The van der Waals surface area contributed by atoms with E-state index in [-0.39, 0.29) is 0 Å². The van der Waals surface area contributed by atoms with Gasteiger partial charge in [-0.2, -0.15) is 0 Å². The van der Waals surface area contributed by atoms with E-state index in [1.807, 2.05) is 13.0 Å². The van der Waals surface area contributed by atoms with Gasteiger partial charge in [0.25, 0.3) is 0 Å². The Kier molecular flexibility index (Phi) is 7.59. The van der Waals surface area contributed by atoms with E-state index in [4.69, 9.17) is 9.47 Å². The summed E-state index contributed by atoms with van der Waals surface area (Å²) < 4.78 is 11.5. The summed E-state index contributed by atoms with van der Waals surface area (Å²) in [4.78, 5) is 11.3. The Bertz CT molecular complexity index is 478. The zero-order valence-corrected chi connectivity index (χ0v) is 13.4. The molecule has 0 radical (unpaired) electrons. The number of carbonyl (C=O) groups excluding carboxylic acids is 1. The summed E-state index contributed by atoms with van der Waals surface area (Å²) in [6.07, 6.45) is 4.92. The lowest BCUT2D eigenvalue weighted by Crippen LogP contribution is -2.04. The van der Waals surface area contributed by atoms with Crippen LogP contribution in [0.25, 0.3) is 5.57 Å². The second-order valence-electron chi connectivity index (χ2n) is 5.19. The predicted molar refractivity (Wildman–Crippen MR) is 87.3 cm³/mol. The zero-order valence-electron chi connectivity index (χ0n) is 13.4. The Morgan fingerprint density at radius 2 is 1.67 bits per heavy atom. The van der Waals surface area contributed by atoms with Crippen LogP contribution >= 0.6 is 0 Å². The quantitative estimate of drug-likeness (QED) is 0.454. The van der Waals surface area contributed by atoms with Gasteiger partial charge in [0.05, 0.1) is 18.8 Å². The van der Waals surface area contributed by atoms with Crippen molar-refractivity contribution in [3.63, 3.8) is 0 Å². The molecule has 0 fully saturated rings. The summed E-state index contributed by atoms with van der Waals surface area (Å²) in [5.41, 5.74) is 2.30. The maximum atomic E-state index is 11.3. The molecule has 0 N–H and O–H groups in total. The average molecular weight is 290 g/mol. The van der Waals surface area contributed by atoms with Crippen LogP contribution in [-0.2, 0) is 0 Å². The molecule has 3 heteroatoms. The monoisotopic (exact) mass is 290 g/mol. The molecule has 0 aliphatic heterocycles. The second kappa shape index (κ2) is 9.22. The molecular formula is C18H26O3. The summed E-state index contributed by atoms with van der Waals surface area (Å²) in [6, 6.07) is 3.62. The fourth-order valence-corrected chi connectivity index (χ4v) is 1.90. The molecule has 0 saturated heterocycles. The van der Waals surface area contributed by atoms with E-state index < -0.39 is 0 Å². The van der Waals surface area contributed by atoms with E-state index >= 15 is 0 Å². The minimum atomic E-state index is 0.548. The van der Waals surface area contributed by atoms with E-state index in [2.05, 4.69) is 20.4 Å². The Balaban J connectivity index is 3.03. The largest absolute Gasteiger partial charge is 0.493 e. The molecule has 3 nitrogen and oxygen atoms in total. The van der Waals surface area contributed by atoms with E-state index in [9.17, 15) is 4.79 Å². The van der Waals surface area contributed by atoms with Crippen LogP contribution in [-0.4, -0.2) is 19.5 Å². The summed E-state index contributed by atoms with van der Waals surface area (Å²) in [5, 5.41) is 0. The number of hydrogen-bond donors (Lipinski definition) is 0. The lowest BCUT2D eigenvalue weighted by Gasteiger charge is -2.15. The van der Waals surface area contributed by atoms with Gasteiger partial charge in [-0.15, -0.1) is 0 Å². The predicted octanol–water partition coefficient (Wildman–Crippen LogP) is 4.89. The minimum Gasteiger partial charge on any atom is -0.493 e. The molecule has 21 heavy (non-hydrogen) atoms. The van der Waals surface area contributed by atoms with Gasteiger partial charge in [-0.1, -0.05) is 33.3 Å². The molecule has 1 rings (SSSR count). The highest BCUT2D eigenvalue weighted by molar-refractivity contribution is 5.83. The van der Waals surface area contributed by atoms with Crippen LogP contribution in [0.15, 0.2) is 18.7 Å². The van der Waals surface area contributed by atoms with Gasteiger partial charge < -0.3 is 9.47 Å². The van der Waals surface area contributed by atoms with Crippen molar-refractivity contribution in [3.05, 3.63) is 29.8 Å². The molecule has 0 atom stereocenters. The van der Waals surface area contributed by atoms with Gasteiger partial charge in [-0.3, -0.25) is 4.79 Å². The standard InChI is InChI=1S/C18H26O3/c1-5-7-9-20-17-12-18(21-10-8-6-2)16(14(3)4)11-15(17)13-19/h11-13H,3,5-10H2,1-2,4H3. The third-order valence-electron chi connectivity index (χ3n) is 3.21. The van der Waals surface area contributed by atoms with Crippen molar-refractivity contribution in [2.75, 3.05) is 13.2 Å². The minimum absolute atomic E-state index is 0.548. The van der Waals surface area contributed by atoms with E-state index in [1.54, 1.807) is 6.07 Å². The number of benzene rings is 1. The van der Waals surface area contributed by atoms with Gasteiger partial charge in [0.2, 0.25) is 0 Å². The molecule has 0 aromatic heterocycles. The number of allylic oxidation sites excluding steroid dienone is 1. The average Bonchev–Trinajstić information content (AvgIpc) is 2.47. The molecule has 0 heterocycles. The first-order valence-corrected chi connectivity index (χ1v) is 7.68. The molecule has 116 valence electrons. The van der Waals surface area contributed by atoms with Crippen molar-refractivity contribution in [2.45, 2.75) is 46.5 Å². The Morgan fingerprint density at radius 1 is 1.10 bits per heavy atom. The van der Waals surface area contributed by atoms with Gasteiger partial charge in [0.1, 0.15) is 11.5 Å². The maximum absolute atomic E-state index is 11.3. The van der Waals surface area contributed by atoms with Crippen molar-refractivity contribution in [1.29, 1.82) is 0 Å². The number of rotatable bonds is 10. The van der Waals surface area contributed by atoms with Crippen LogP contribution in [0.2, 0.25) is 0 Å². The molecule has 0 amide bonds. The fourth-order valence-electron chi connectivity index (χ4n) is 1.90. The second-order valence-corrected chi connectivity index (χ2v) is 5.19. The summed E-state index contributed by atoms with van der Waals surface area (Å²) in [7, 11) is 0. The highest BCUT2D eigenvalue weighted by atomic mass is 16.5. The molecule has 0 spiro atoms. The Hall–Kier alpha value is -1.77. The van der Waals surface area contributed by atoms with Crippen LogP contribution in [0.4, 0.5) is 0 Å². The first-order chi connectivity index (χ1) is 10.1. The fraction of sp³-hybridized carbons (Fsp3) is 0.500. The van der Waals surface area contributed by atoms with Crippen LogP contribution in [0.1, 0.15) is 62.4 Å². The van der Waals surface area contributed by atoms with Crippen LogP contribution in [0, 0.1) is 0 Å². The molecule has 1 aromatic carbocycles. The smallest absolute Gasteiger partial charge is 0.153 e. The molecule has 0 aliphatic rings. The number of ether oxygens (including phenoxy) is 2. The summed E-state index contributed by atoms with van der Waals surface area (Å²) in [6.45, 7) is 11.4. The third kappa shape index (κ3) is 5.25. The van der Waals surface area contributed by atoms with E-state index in [0.717, 1.165) is 48.9 Å². The summed E-state index contributed by atoms with van der Waals surface area (Å²) in [5.74, 6) is 1.34.